The fraction of sp³-hybridized carbons (Fsp3) is 1.00. The summed E-state index contributed by atoms with van der Waals surface area (Å²) in [6.07, 6.45) is 1.25. The van der Waals surface area contributed by atoms with Crippen LogP contribution in [0.1, 0.15) is 34.1 Å². The Kier molecular flexibility index (Phi) is 487. The molecule has 8 heavy (non-hydrogen) atoms. The third-order valence-electron chi connectivity index (χ3n) is 0. The highest BCUT2D eigenvalue weighted by Crippen LogP contribution is 1.56. The Balaban J connectivity index is -0.00000000567. The average molecular weight is 184 g/mol. The summed E-state index contributed by atoms with van der Waals surface area (Å²) in [6, 6.07) is 0. The van der Waals surface area contributed by atoms with Crippen LogP contribution in [0.2, 0.25) is 0 Å². The molecule has 0 aromatic carbocycles. The van der Waals surface area contributed by atoms with Crippen LogP contribution >= 0.6 is 37.2 Å². The highest BCUT2D eigenvalue weighted by molar-refractivity contribution is 5.86. The molecule has 0 nitrogen and oxygen atoms in total. The molecule has 0 atom stereocenters. The zero-order chi connectivity index (χ0) is 4.71. The van der Waals surface area contributed by atoms with Gasteiger partial charge in [0, 0.05) is 0 Å². The zero-order valence-electron chi connectivity index (χ0n) is 5.93. The first-order valence-corrected chi connectivity index (χ1v) is 2.41. The molecule has 58 valence electrons. The van der Waals surface area contributed by atoms with Crippen LogP contribution in [0.5, 0.6) is 0 Å². The second-order valence-electron chi connectivity index (χ2n) is 0.707. The maximum absolute atomic E-state index is 2.12. The van der Waals surface area contributed by atoms with Crippen molar-refractivity contribution in [2.75, 3.05) is 0 Å². The molecule has 0 rings (SSSR count). The summed E-state index contributed by atoms with van der Waals surface area (Å²) in [4.78, 5) is 0. The number of halogens is 3. The van der Waals surface area contributed by atoms with Gasteiger partial charge in [-0.25, -0.2) is 0 Å². The van der Waals surface area contributed by atoms with Crippen molar-refractivity contribution in [3.05, 3.63) is 0 Å². The monoisotopic (exact) mass is 182 g/mol. The van der Waals surface area contributed by atoms with Gasteiger partial charge in [0.05, 0.1) is 0 Å². The van der Waals surface area contributed by atoms with Gasteiger partial charge in [-0.2, -0.15) is 0 Å². The Labute approximate surface area is 71.7 Å². The third-order valence-corrected chi connectivity index (χ3v) is 0. The maximum atomic E-state index is 2.12. The van der Waals surface area contributed by atoms with Crippen molar-refractivity contribution in [3.8, 4) is 0 Å². The normalized spacial score (nSPS) is 3.00. The molecule has 0 aliphatic heterocycles. The Morgan fingerprint density at radius 3 is 0.750 bits per heavy atom. The van der Waals surface area contributed by atoms with Gasteiger partial charge in [-0.15, -0.1) is 37.2 Å². The van der Waals surface area contributed by atoms with Crippen LogP contribution < -0.4 is 0 Å². The van der Waals surface area contributed by atoms with Crippen LogP contribution in [0.25, 0.3) is 0 Å². The van der Waals surface area contributed by atoms with E-state index >= 15 is 0 Å². The number of hydrogen-bond donors (Lipinski definition) is 0. The van der Waals surface area contributed by atoms with E-state index in [9.17, 15) is 0 Å². The highest BCUT2D eigenvalue weighted by Gasteiger charge is 1.35. The Morgan fingerprint density at radius 2 is 0.750 bits per heavy atom. The van der Waals surface area contributed by atoms with Crippen LogP contribution in [0.4, 0.5) is 0 Å². The molecule has 0 N–H and O–H groups in total. The summed E-state index contributed by atoms with van der Waals surface area (Å²) in [7, 11) is 0. The zero-order valence-corrected chi connectivity index (χ0v) is 8.38. The van der Waals surface area contributed by atoms with E-state index in [4.69, 9.17) is 0 Å². The lowest BCUT2D eigenvalue weighted by atomic mass is 10.6. The van der Waals surface area contributed by atoms with Gasteiger partial charge < -0.3 is 0 Å². The summed E-state index contributed by atoms with van der Waals surface area (Å²) >= 11 is 0. The standard InChI is InChI=1S/C3H8.C2H6.3ClH/c1-3-2;1-2;;;/h3H2,1-2H3;1-2H3;3*1H. The summed E-state index contributed by atoms with van der Waals surface area (Å²) in [6.45, 7) is 8.25. The van der Waals surface area contributed by atoms with E-state index in [1.165, 1.54) is 6.42 Å². The first kappa shape index (κ1) is 36.7. The SMILES string of the molecule is CC.CCC.Cl.Cl.Cl. The van der Waals surface area contributed by atoms with E-state index < -0.39 is 0 Å². The minimum atomic E-state index is 0. The molecular formula is C5H17Cl3. The molecular weight excluding hydrogens is 166 g/mol. The molecule has 0 fully saturated rings. The highest BCUT2D eigenvalue weighted by atomic mass is 35.5. The largest absolute Gasteiger partial charge is 0.147 e. The lowest BCUT2D eigenvalue weighted by Crippen LogP contribution is -1.27. The van der Waals surface area contributed by atoms with Crippen molar-refractivity contribution in [1.29, 1.82) is 0 Å². The third kappa shape index (κ3) is 313. The molecule has 0 amide bonds. The Morgan fingerprint density at radius 1 is 0.750 bits per heavy atom. The van der Waals surface area contributed by atoms with Crippen molar-refractivity contribution in [3.63, 3.8) is 0 Å². The van der Waals surface area contributed by atoms with Gasteiger partial charge in [-0.3, -0.25) is 0 Å². The summed E-state index contributed by atoms with van der Waals surface area (Å²) in [5, 5.41) is 0. The first-order valence-electron chi connectivity index (χ1n) is 2.41. The second-order valence-corrected chi connectivity index (χ2v) is 0.707. The average Bonchev–Trinajstić information content (AvgIpc) is 1.46. The van der Waals surface area contributed by atoms with E-state index in [2.05, 4.69) is 13.8 Å². The molecule has 0 aromatic heterocycles. The smallest absolute Gasteiger partial charge is 0.0590 e. The van der Waals surface area contributed by atoms with Gasteiger partial charge in [-0.1, -0.05) is 34.1 Å². The Hall–Kier alpha value is 0.870. The van der Waals surface area contributed by atoms with Crippen LogP contribution in [-0.2, 0) is 0 Å². The fourth-order valence-electron chi connectivity index (χ4n) is 0. The fourth-order valence-corrected chi connectivity index (χ4v) is 0. The van der Waals surface area contributed by atoms with Crippen molar-refractivity contribution in [2.45, 2.75) is 34.1 Å². The quantitative estimate of drug-likeness (QED) is 0.537. The van der Waals surface area contributed by atoms with Gasteiger partial charge in [0.15, 0.2) is 0 Å². The topological polar surface area (TPSA) is 0 Å². The van der Waals surface area contributed by atoms with E-state index in [0.717, 1.165) is 0 Å². The van der Waals surface area contributed by atoms with Crippen LogP contribution in [0.15, 0.2) is 0 Å². The molecule has 0 saturated carbocycles. The molecule has 3 heteroatoms. The molecule has 0 aliphatic carbocycles. The Bertz CT molecular complexity index is 7.64. The molecule has 0 aromatic rings. The lowest BCUT2D eigenvalue weighted by Gasteiger charge is -1.48. The molecule has 0 heterocycles. The molecule has 0 saturated heterocycles. The van der Waals surface area contributed by atoms with E-state index in [1.54, 1.807) is 0 Å². The van der Waals surface area contributed by atoms with Crippen molar-refractivity contribution >= 4 is 37.2 Å². The number of rotatable bonds is 0. The summed E-state index contributed by atoms with van der Waals surface area (Å²) in [5.41, 5.74) is 0. The predicted octanol–water partition coefficient (Wildman–Crippen LogP) is 3.71. The lowest BCUT2D eigenvalue weighted by molar-refractivity contribution is 1.09. The molecule has 0 aliphatic rings. The van der Waals surface area contributed by atoms with E-state index in [1.807, 2.05) is 13.8 Å². The second kappa shape index (κ2) is 106. The molecule has 0 bridgehead atoms. The van der Waals surface area contributed by atoms with E-state index in [0.29, 0.717) is 0 Å². The van der Waals surface area contributed by atoms with Crippen LogP contribution in [0.3, 0.4) is 0 Å². The van der Waals surface area contributed by atoms with Crippen LogP contribution in [0, 0.1) is 0 Å². The maximum Gasteiger partial charge on any atom is -0.0590 e. The summed E-state index contributed by atoms with van der Waals surface area (Å²) in [5.74, 6) is 0. The first-order chi connectivity index (χ1) is 2.41. The minimum Gasteiger partial charge on any atom is -0.147 e. The molecule has 0 radical (unpaired) electrons. The van der Waals surface area contributed by atoms with E-state index in [-0.39, 0.29) is 37.2 Å². The van der Waals surface area contributed by atoms with Crippen molar-refractivity contribution < 1.29 is 0 Å². The van der Waals surface area contributed by atoms with Gasteiger partial charge in [0.1, 0.15) is 0 Å². The summed E-state index contributed by atoms with van der Waals surface area (Å²) < 4.78 is 0. The van der Waals surface area contributed by atoms with Gasteiger partial charge >= 0.3 is 0 Å². The van der Waals surface area contributed by atoms with Crippen LogP contribution in [-0.4, -0.2) is 0 Å². The van der Waals surface area contributed by atoms with Gasteiger partial charge in [-0.05, 0) is 0 Å². The predicted molar refractivity (Wildman–Crippen MR) is 49.1 cm³/mol. The number of hydrogen-bond acceptors (Lipinski definition) is 0. The molecule has 0 spiro atoms. The van der Waals surface area contributed by atoms with Crippen molar-refractivity contribution in [1.82, 2.24) is 0 Å². The van der Waals surface area contributed by atoms with Gasteiger partial charge in [0.25, 0.3) is 0 Å². The van der Waals surface area contributed by atoms with Gasteiger partial charge in [0.2, 0.25) is 0 Å². The molecule has 0 unspecified atom stereocenters. The van der Waals surface area contributed by atoms with Crippen molar-refractivity contribution in [2.24, 2.45) is 0 Å². The minimum absolute atomic E-state index is 0.